The fourth-order valence-electron chi connectivity index (χ4n) is 2.22. The number of hydrogen-bond acceptors (Lipinski definition) is 5. The summed E-state index contributed by atoms with van der Waals surface area (Å²) in [7, 11) is 0. The van der Waals surface area contributed by atoms with Gasteiger partial charge in [-0.1, -0.05) is 30.3 Å². The summed E-state index contributed by atoms with van der Waals surface area (Å²) in [6.45, 7) is 3.97. The molecule has 1 rings (SSSR count). The van der Waals surface area contributed by atoms with Crippen molar-refractivity contribution in [2.24, 2.45) is 0 Å². The van der Waals surface area contributed by atoms with E-state index in [9.17, 15) is 23.5 Å². The van der Waals surface area contributed by atoms with Crippen LogP contribution in [0.15, 0.2) is 30.3 Å². The van der Waals surface area contributed by atoms with E-state index in [1.165, 1.54) is 0 Å². The van der Waals surface area contributed by atoms with Crippen LogP contribution in [0.4, 0.5) is 18.4 Å². The van der Waals surface area contributed by atoms with E-state index in [1.807, 2.05) is 6.07 Å². The predicted octanol–water partition coefficient (Wildman–Crippen LogP) is 3.21. The number of benzene rings is 1. The number of alkyl carbamates (subject to hydrolysis) is 2. The SMILES string of the molecule is CC(C)(C)OC(=O)N[C@H](CO)CC(F)(F)CCNC(=O)OCc1ccccc1. The molecule has 0 aromatic heterocycles. The maximum atomic E-state index is 14.1. The van der Waals surface area contributed by atoms with Gasteiger partial charge in [0.05, 0.1) is 12.6 Å². The molecular formula is C19H28F2N2O5. The summed E-state index contributed by atoms with van der Waals surface area (Å²) >= 11 is 0. The number of aliphatic hydroxyl groups excluding tert-OH is 1. The van der Waals surface area contributed by atoms with Gasteiger partial charge in [-0.25, -0.2) is 18.4 Å². The van der Waals surface area contributed by atoms with Gasteiger partial charge in [-0.05, 0) is 26.3 Å². The zero-order valence-corrected chi connectivity index (χ0v) is 16.3. The summed E-state index contributed by atoms with van der Waals surface area (Å²) in [4.78, 5) is 23.2. The molecule has 1 aromatic rings. The number of aliphatic hydroxyl groups is 1. The standard InChI is InChI=1S/C19H28F2N2O5/c1-18(2,3)28-17(26)23-15(12-24)11-19(20,21)9-10-22-16(25)27-13-14-7-5-4-6-8-14/h4-8,15,24H,9-13H2,1-3H3,(H,22,25)(H,23,26)/t15-/m0/s1. The average Bonchev–Trinajstić information content (AvgIpc) is 2.58. The summed E-state index contributed by atoms with van der Waals surface area (Å²) in [6.07, 6.45) is -3.14. The Hall–Kier alpha value is -2.42. The third kappa shape index (κ3) is 10.7. The van der Waals surface area contributed by atoms with E-state index < -0.39 is 49.2 Å². The highest BCUT2D eigenvalue weighted by atomic mass is 19.3. The lowest BCUT2D eigenvalue weighted by Gasteiger charge is -2.25. The summed E-state index contributed by atoms with van der Waals surface area (Å²) in [6, 6.07) is 7.78. The predicted molar refractivity (Wildman–Crippen MR) is 99.1 cm³/mol. The minimum absolute atomic E-state index is 0.0372. The molecule has 7 nitrogen and oxygen atoms in total. The second-order valence-electron chi connectivity index (χ2n) is 7.32. The van der Waals surface area contributed by atoms with Crippen molar-refractivity contribution in [2.75, 3.05) is 13.2 Å². The van der Waals surface area contributed by atoms with E-state index in [0.717, 1.165) is 5.56 Å². The van der Waals surface area contributed by atoms with E-state index in [0.29, 0.717) is 0 Å². The molecule has 0 radical (unpaired) electrons. The lowest BCUT2D eigenvalue weighted by Crippen LogP contribution is -2.44. The van der Waals surface area contributed by atoms with Gasteiger partial charge in [0.15, 0.2) is 0 Å². The van der Waals surface area contributed by atoms with Gasteiger partial charge < -0.3 is 25.2 Å². The van der Waals surface area contributed by atoms with Crippen LogP contribution in [-0.4, -0.2) is 48.0 Å². The second kappa shape index (κ2) is 10.8. The highest BCUT2D eigenvalue weighted by Crippen LogP contribution is 2.24. The van der Waals surface area contributed by atoms with Crippen LogP contribution >= 0.6 is 0 Å². The van der Waals surface area contributed by atoms with Crippen LogP contribution in [0.3, 0.4) is 0 Å². The molecular weight excluding hydrogens is 374 g/mol. The van der Waals surface area contributed by atoms with E-state index >= 15 is 0 Å². The number of carbonyl (C=O) groups excluding carboxylic acids is 2. The first kappa shape index (κ1) is 23.6. The van der Waals surface area contributed by atoms with Crippen molar-refractivity contribution in [2.45, 2.75) is 57.8 Å². The Bertz CT molecular complexity index is 621. The van der Waals surface area contributed by atoms with Crippen LogP contribution in [0.5, 0.6) is 0 Å². The first-order valence-electron chi connectivity index (χ1n) is 8.93. The largest absolute Gasteiger partial charge is 0.445 e. The molecule has 0 aliphatic carbocycles. The van der Waals surface area contributed by atoms with E-state index in [2.05, 4.69) is 10.6 Å². The summed E-state index contributed by atoms with van der Waals surface area (Å²) in [5, 5.41) is 13.7. The smallest absolute Gasteiger partial charge is 0.407 e. The van der Waals surface area contributed by atoms with Crippen LogP contribution in [0.2, 0.25) is 0 Å². The molecule has 3 N–H and O–H groups in total. The zero-order valence-electron chi connectivity index (χ0n) is 16.3. The monoisotopic (exact) mass is 402 g/mol. The van der Waals surface area contributed by atoms with Gasteiger partial charge in [0.1, 0.15) is 12.2 Å². The Morgan fingerprint density at radius 3 is 2.36 bits per heavy atom. The van der Waals surface area contributed by atoms with E-state index in [4.69, 9.17) is 9.47 Å². The zero-order chi connectivity index (χ0) is 21.2. The number of nitrogens with one attached hydrogen (secondary N) is 2. The number of rotatable bonds is 9. The van der Waals surface area contributed by atoms with Crippen molar-refractivity contribution in [1.29, 1.82) is 0 Å². The van der Waals surface area contributed by atoms with Crippen molar-refractivity contribution in [3.63, 3.8) is 0 Å². The van der Waals surface area contributed by atoms with Crippen molar-refractivity contribution in [3.05, 3.63) is 35.9 Å². The van der Waals surface area contributed by atoms with Gasteiger partial charge in [-0.3, -0.25) is 0 Å². The normalized spacial score (nSPS) is 12.8. The molecule has 0 saturated carbocycles. The van der Waals surface area contributed by atoms with E-state index in [-0.39, 0.29) is 13.2 Å². The third-order valence-electron chi connectivity index (χ3n) is 3.46. The van der Waals surface area contributed by atoms with Crippen molar-refractivity contribution >= 4 is 12.2 Å². The first-order chi connectivity index (χ1) is 13.0. The fraction of sp³-hybridized carbons (Fsp3) is 0.579. The molecule has 0 bridgehead atoms. The number of halogens is 2. The number of amides is 2. The Kier molecular flexibility index (Phi) is 9.11. The van der Waals surface area contributed by atoms with E-state index in [1.54, 1.807) is 45.0 Å². The Labute approximate surface area is 163 Å². The third-order valence-corrected chi connectivity index (χ3v) is 3.46. The Morgan fingerprint density at radius 2 is 1.79 bits per heavy atom. The molecule has 0 spiro atoms. The van der Waals surface area contributed by atoms with Crippen LogP contribution in [0, 0.1) is 0 Å². The number of ether oxygens (including phenoxy) is 2. The topological polar surface area (TPSA) is 96.9 Å². The lowest BCUT2D eigenvalue weighted by molar-refractivity contribution is -0.0305. The molecule has 2 amide bonds. The van der Waals surface area contributed by atoms with Crippen molar-refractivity contribution < 1.29 is 33.0 Å². The van der Waals surface area contributed by atoms with Crippen molar-refractivity contribution in [3.8, 4) is 0 Å². The minimum atomic E-state index is -3.21. The van der Waals surface area contributed by atoms with Crippen LogP contribution in [-0.2, 0) is 16.1 Å². The van der Waals surface area contributed by atoms with Crippen LogP contribution < -0.4 is 10.6 Å². The average molecular weight is 402 g/mol. The quantitative estimate of drug-likeness (QED) is 0.589. The van der Waals surface area contributed by atoms with Crippen molar-refractivity contribution in [1.82, 2.24) is 10.6 Å². The molecule has 1 aromatic carbocycles. The number of alkyl halides is 2. The lowest BCUT2D eigenvalue weighted by atomic mass is 10.1. The molecule has 0 saturated heterocycles. The van der Waals surface area contributed by atoms with Gasteiger partial charge in [0.25, 0.3) is 5.92 Å². The van der Waals surface area contributed by atoms with Gasteiger partial charge in [0, 0.05) is 19.4 Å². The number of carbonyl (C=O) groups is 2. The summed E-state index contributed by atoms with van der Waals surface area (Å²) in [5.74, 6) is -3.21. The first-order valence-corrected chi connectivity index (χ1v) is 8.93. The molecule has 0 aliphatic rings. The maximum absolute atomic E-state index is 14.1. The molecule has 0 aliphatic heterocycles. The molecule has 0 unspecified atom stereocenters. The van der Waals surface area contributed by atoms with Gasteiger partial charge >= 0.3 is 12.2 Å². The second-order valence-corrected chi connectivity index (χ2v) is 7.32. The highest BCUT2D eigenvalue weighted by Gasteiger charge is 2.33. The molecule has 28 heavy (non-hydrogen) atoms. The van der Waals surface area contributed by atoms with Crippen LogP contribution in [0.1, 0.15) is 39.2 Å². The Balaban J connectivity index is 2.34. The summed E-state index contributed by atoms with van der Waals surface area (Å²) in [5.41, 5.74) is -0.00150. The Morgan fingerprint density at radius 1 is 1.14 bits per heavy atom. The number of hydrogen-bond donors (Lipinski definition) is 3. The fourth-order valence-corrected chi connectivity index (χ4v) is 2.22. The summed E-state index contributed by atoms with van der Waals surface area (Å²) < 4.78 is 38.0. The molecule has 1 atom stereocenters. The van der Waals surface area contributed by atoms with Gasteiger partial charge in [0.2, 0.25) is 0 Å². The molecule has 0 fully saturated rings. The molecule has 0 heterocycles. The van der Waals surface area contributed by atoms with Crippen LogP contribution in [0.25, 0.3) is 0 Å². The minimum Gasteiger partial charge on any atom is -0.445 e. The maximum Gasteiger partial charge on any atom is 0.407 e. The molecule has 158 valence electrons. The van der Waals surface area contributed by atoms with Gasteiger partial charge in [-0.15, -0.1) is 0 Å². The van der Waals surface area contributed by atoms with Gasteiger partial charge in [-0.2, -0.15) is 0 Å². The molecule has 9 heteroatoms. The highest BCUT2D eigenvalue weighted by molar-refractivity contribution is 5.68.